The summed E-state index contributed by atoms with van der Waals surface area (Å²) in [4.78, 5) is 22.8. The van der Waals surface area contributed by atoms with E-state index in [0.717, 1.165) is 45.8 Å². The molecule has 0 radical (unpaired) electrons. The van der Waals surface area contributed by atoms with Crippen LogP contribution in [0, 0.1) is 0 Å². The molecule has 10 heteroatoms. The van der Waals surface area contributed by atoms with E-state index in [-0.39, 0.29) is 11.6 Å². The number of methoxy groups -OCH3 is 1. The number of pyridine rings is 2. The second-order valence-electron chi connectivity index (χ2n) is 9.54. The molecule has 0 unspecified atom stereocenters. The summed E-state index contributed by atoms with van der Waals surface area (Å²) in [7, 11) is 1.65. The van der Waals surface area contributed by atoms with Crippen molar-refractivity contribution in [2.24, 2.45) is 0 Å². The molecule has 1 atom stereocenters. The van der Waals surface area contributed by atoms with Gasteiger partial charge in [0.25, 0.3) is 5.56 Å². The zero-order chi connectivity index (χ0) is 27.9. The molecule has 206 valence electrons. The first kappa shape index (κ1) is 27.0. The van der Waals surface area contributed by atoms with E-state index in [0.29, 0.717) is 31.8 Å². The van der Waals surface area contributed by atoms with Crippen molar-refractivity contribution in [2.45, 2.75) is 45.9 Å². The minimum absolute atomic E-state index is 0.125. The molecule has 1 N–H and O–H groups in total. The van der Waals surface area contributed by atoms with Crippen molar-refractivity contribution in [1.82, 2.24) is 35.1 Å². The van der Waals surface area contributed by atoms with Crippen molar-refractivity contribution in [2.75, 3.05) is 13.7 Å². The zero-order valence-electron chi connectivity index (χ0n) is 22.9. The van der Waals surface area contributed by atoms with E-state index in [4.69, 9.17) is 9.47 Å². The van der Waals surface area contributed by atoms with Crippen molar-refractivity contribution in [3.05, 3.63) is 106 Å². The molecule has 2 aromatic carbocycles. The van der Waals surface area contributed by atoms with Crippen LogP contribution in [0.1, 0.15) is 48.8 Å². The number of fused-ring (bicyclic) bond motifs is 1. The van der Waals surface area contributed by atoms with Crippen LogP contribution >= 0.6 is 0 Å². The Kier molecular flexibility index (Phi) is 8.46. The number of H-pyrrole nitrogens is 1. The second-order valence-corrected chi connectivity index (χ2v) is 9.54. The Labute approximate surface area is 232 Å². The minimum Gasteiger partial charge on any atom is -0.497 e. The number of nitrogens with zero attached hydrogens (tertiary/aromatic N) is 6. The summed E-state index contributed by atoms with van der Waals surface area (Å²) in [6.45, 7) is 6.10. The molecule has 40 heavy (non-hydrogen) atoms. The molecule has 0 aliphatic rings. The lowest BCUT2D eigenvalue weighted by atomic mass is 10.1. The lowest BCUT2D eigenvalue weighted by molar-refractivity contribution is 0.161. The van der Waals surface area contributed by atoms with E-state index in [1.54, 1.807) is 13.3 Å². The van der Waals surface area contributed by atoms with Crippen LogP contribution in [0.25, 0.3) is 10.9 Å². The number of aromatic nitrogens is 6. The third-order valence-electron chi connectivity index (χ3n) is 6.86. The van der Waals surface area contributed by atoms with Gasteiger partial charge >= 0.3 is 0 Å². The number of rotatable bonds is 12. The van der Waals surface area contributed by atoms with Gasteiger partial charge in [0.05, 0.1) is 26.3 Å². The first-order valence-electron chi connectivity index (χ1n) is 13.4. The van der Waals surface area contributed by atoms with Gasteiger partial charge in [0.1, 0.15) is 11.5 Å². The number of aromatic amines is 1. The SMILES string of the molecule is CCOc1ccc2[nH]c(=O)c(CN(Cc3cccnc3)[C@@H](CC)c3nnnn3Cc3ccc(OC)cc3)cc2c1. The number of tetrazole rings is 1. The first-order chi connectivity index (χ1) is 19.6. The van der Waals surface area contributed by atoms with Crippen molar-refractivity contribution < 1.29 is 9.47 Å². The largest absolute Gasteiger partial charge is 0.497 e. The lowest BCUT2D eigenvalue weighted by Crippen LogP contribution is -2.32. The molecule has 0 aliphatic carbocycles. The highest BCUT2D eigenvalue weighted by Crippen LogP contribution is 2.27. The molecule has 3 aromatic heterocycles. The fourth-order valence-electron chi connectivity index (χ4n) is 4.90. The third kappa shape index (κ3) is 6.18. The van der Waals surface area contributed by atoms with Gasteiger partial charge < -0.3 is 14.5 Å². The van der Waals surface area contributed by atoms with Gasteiger partial charge in [-0.2, -0.15) is 0 Å². The van der Waals surface area contributed by atoms with Crippen LogP contribution in [-0.2, 0) is 19.6 Å². The summed E-state index contributed by atoms with van der Waals surface area (Å²) in [5.74, 6) is 2.30. The smallest absolute Gasteiger partial charge is 0.252 e. The van der Waals surface area contributed by atoms with E-state index in [9.17, 15) is 4.79 Å². The average molecular weight is 540 g/mol. The van der Waals surface area contributed by atoms with E-state index in [2.05, 4.69) is 37.3 Å². The molecule has 10 nitrogen and oxygen atoms in total. The maximum absolute atomic E-state index is 13.2. The first-order valence-corrected chi connectivity index (χ1v) is 13.4. The van der Waals surface area contributed by atoms with Crippen molar-refractivity contribution in [3.63, 3.8) is 0 Å². The molecular formula is C30H33N7O3. The third-order valence-corrected chi connectivity index (χ3v) is 6.86. The predicted octanol–water partition coefficient (Wildman–Crippen LogP) is 4.52. The summed E-state index contributed by atoms with van der Waals surface area (Å²) < 4.78 is 12.8. The summed E-state index contributed by atoms with van der Waals surface area (Å²) in [5.41, 5.74) is 3.38. The van der Waals surface area contributed by atoms with Crippen LogP contribution < -0.4 is 15.0 Å². The number of hydrogen-bond donors (Lipinski definition) is 1. The molecule has 0 saturated heterocycles. The normalized spacial score (nSPS) is 12.1. The highest BCUT2D eigenvalue weighted by Gasteiger charge is 2.26. The molecule has 0 aliphatic heterocycles. The van der Waals surface area contributed by atoms with Gasteiger partial charge in [-0.15, -0.1) is 5.10 Å². The summed E-state index contributed by atoms with van der Waals surface area (Å²) >= 11 is 0. The van der Waals surface area contributed by atoms with E-state index < -0.39 is 0 Å². The van der Waals surface area contributed by atoms with Gasteiger partial charge in [0, 0.05) is 41.9 Å². The Morgan fingerprint density at radius 3 is 2.55 bits per heavy atom. The van der Waals surface area contributed by atoms with Crippen LogP contribution in [0.2, 0.25) is 0 Å². The van der Waals surface area contributed by atoms with E-state index >= 15 is 0 Å². The topological polar surface area (TPSA) is 111 Å². The van der Waals surface area contributed by atoms with E-state index in [1.165, 1.54) is 0 Å². The molecule has 5 aromatic rings. The van der Waals surface area contributed by atoms with Crippen molar-refractivity contribution in [1.29, 1.82) is 0 Å². The quantitative estimate of drug-likeness (QED) is 0.246. The van der Waals surface area contributed by atoms with Crippen molar-refractivity contribution in [3.8, 4) is 11.5 Å². The van der Waals surface area contributed by atoms with Crippen LogP contribution in [0.4, 0.5) is 0 Å². The Morgan fingerprint density at radius 1 is 1.00 bits per heavy atom. The molecule has 0 saturated carbocycles. The zero-order valence-corrected chi connectivity index (χ0v) is 22.9. The number of hydrogen-bond acceptors (Lipinski definition) is 8. The van der Waals surface area contributed by atoms with Gasteiger partial charge in [0.15, 0.2) is 5.82 Å². The van der Waals surface area contributed by atoms with E-state index in [1.807, 2.05) is 78.5 Å². The van der Waals surface area contributed by atoms with Gasteiger partial charge in [0.2, 0.25) is 0 Å². The average Bonchev–Trinajstić information content (AvgIpc) is 3.42. The predicted molar refractivity (Wildman–Crippen MR) is 152 cm³/mol. The monoisotopic (exact) mass is 539 g/mol. The Morgan fingerprint density at radius 2 is 1.82 bits per heavy atom. The second kappa shape index (κ2) is 12.5. The standard InChI is InChI=1S/C30H33N7O3/c1-4-28(29-33-34-35-37(29)19-21-8-10-25(39-3)11-9-21)36(18-22-7-6-14-31-17-22)20-24-15-23-16-26(40-5-2)12-13-27(23)32-30(24)38/h6-17,28H,4-5,18-20H2,1-3H3,(H,32,38)/t28-/m0/s1. The van der Waals surface area contributed by atoms with Crippen LogP contribution in [-0.4, -0.2) is 48.8 Å². The van der Waals surface area contributed by atoms with Gasteiger partial charge in [-0.1, -0.05) is 25.1 Å². The highest BCUT2D eigenvalue weighted by molar-refractivity contribution is 5.80. The van der Waals surface area contributed by atoms with Crippen LogP contribution in [0.5, 0.6) is 11.5 Å². The molecular weight excluding hydrogens is 506 g/mol. The molecule has 0 bridgehead atoms. The molecule has 3 heterocycles. The Hall–Kier alpha value is -4.57. The molecule has 0 spiro atoms. The molecule has 0 amide bonds. The molecule has 0 fully saturated rings. The van der Waals surface area contributed by atoms with Crippen LogP contribution in [0.3, 0.4) is 0 Å². The van der Waals surface area contributed by atoms with Gasteiger partial charge in [-0.05, 0) is 77.4 Å². The summed E-state index contributed by atoms with van der Waals surface area (Å²) in [5, 5.41) is 13.7. The Bertz CT molecular complexity index is 1600. The minimum atomic E-state index is -0.154. The van der Waals surface area contributed by atoms with Crippen LogP contribution in [0.15, 0.2) is 77.9 Å². The lowest BCUT2D eigenvalue weighted by Gasteiger charge is -2.30. The number of ether oxygens (including phenoxy) is 2. The maximum Gasteiger partial charge on any atom is 0.252 e. The van der Waals surface area contributed by atoms with Crippen molar-refractivity contribution >= 4 is 10.9 Å². The fraction of sp³-hybridized carbons (Fsp3) is 0.300. The molecule has 5 rings (SSSR count). The number of benzene rings is 2. The Balaban J connectivity index is 1.49. The van der Waals surface area contributed by atoms with Gasteiger partial charge in [-0.3, -0.25) is 14.7 Å². The summed E-state index contributed by atoms with van der Waals surface area (Å²) in [6.07, 6.45) is 4.34. The summed E-state index contributed by atoms with van der Waals surface area (Å²) in [6, 6.07) is 19.3. The number of nitrogens with one attached hydrogen (secondary N) is 1. The van der Waals surface area contributed by atoms with Gasteiger partial charge in [-0.25, -0.2) is 4.68 Å². The fourth-order valence-corrected chi connectivity index (χ4v) is 4.90. The highest BCUT2D eigenvalue weighted by atomic mass is 16.5. The maximum atomic E-state index is 13.2.